The number of hydrogen-bond donors (Lipinski definition) is 1. The molecular formula is C21H24N4O3S. The second-order valence-electron chi connectivity index (χ2n) is 7.32. The van der Waals surface area contributed by atoms with Crippen LogP contribution in [-0.4, -0.2) is 34.9 Å². The Morgan fingerprint density at radius 1 is 1.21 bits per heavy atom. The van der Waals surface area contributed by atoms with Gasteiger partial charge in [-0.05, 0) is 56.0 Å². The molecule has 3 aromatic rings. The van der Waals surface area contributed by atoms with Crippen molar-refractivity contribution in [1.29, 1.82) is 0 Å². The van der Waals surface area contributed by atoms with E-state index in [-0.39, 0.29) is 11.7 Å². The Morgan fingerprint density at radius 3 is 2.66 bits per heavy atom. The van der Waals surface area contributed by atoms with E-state index in [1.165, 1.54) is 30.3 Å². The lowest BCUT2D eigenvalue weighted by molar-refractivity contribution is -0.113. The molecule has 1 aromatic carbocycles. The molecule has 1 amide bonds. The van der Waals surface area contributed by atoms with Crippen LogP contribution in [0.5, 0.6) is 0 Å². The molecule has 3 heterocycles. The molecule has 1 N–H and O–H groups in total. The molecule has 0 aliphatic carbocycles. The van der Waals surface area contributed by atoms with Crippen LogP contribution >= 0.6 is 11.8 Å². The summed E-state index contributed by atoms with van der Waals surface area (Å²) in [5.41, 5.74) is 2.75. The third-order valence-electron chi connectivity index (χ3n) is 5.12. The van der Waals surface area contributed by atoms with E-state index in [1.807, 2.05) is 19.1 Å². The maximum Gasteiger partial charge on any atom is 0.277 e. The maximum absolute atomic E-state index is 12.3. The first kappa shape index (κ1) is 19.6. The molecule has 1 fully saturated rings. The molecule has 7 nitrogen and oxygen atoms in total. The van der Waals surface area contributed by atoms with Crippen LogP contribution in [0.15, 0.2) is 50.7 Å². The zero-order valence-corrected chi connectivity index (χ0v) is 17.4. The first-order chi connectivity index (χ1) is 14.1. The molecule has 1 saturated heterocycles. The summed E-state index contributed by atoms with van der Waals surface area (Å²) in [6.07, 6.45) is 4.03. The fourth-order valence-electron chi connectivity index (χ4n) is 3.33. The number of anilines is 2. The van der Waals surface area contributed by atoms with Crippen molar-refractivity contribution in [2.24, 2.45) is 5.92 Å². The SMILES string of the molecule is Cc1occc1-c1nnc(SCC(=O)Nc2ccc(N3CCC(C)CC3)cc2)o1. The van der Waals surface area contributed by atoms with E-state index in [0.29, 0.717) is 16.9 Å². The van der Waals surface area contributed by atoms with Crippen LogP contribution in [0.25, 0.3) is 11.5 Å². The number of carbonyl (C=O) groups excluding carboxylic acids is 1. The number of thioether (sulfide) groups is 1. The molecule has 2 aromatic heterocycles. The molecule has 0 radical (unpaired) electrons. The van der Waals surface area contributed by atoms with Crippen LogP contribution in [0.1, 0.15) is 25.5 Å². The van der Waals surface area contributed by atoms with Gasteiger partial charge in [0, 0.05) is 24.5 Å². The third kappa shape index (κ3) is 4.82. The fraction of sp³-hybridized carbons (Fsp3) is 0.381. The van der Waals surface area contributed by atoms with Gasteiger partial charge < -0.3 is 19.1 Å². The molecule has 152 valence electrons. The molecule has 0 unspecified atom stereocenters. The maximum atomic E-state index is 12.3. The van der Waals surface area contributed by atoms with Crippen molar-refractivity contribution < 1.29 is 13.6 Å². The van der Waals surface area contributed by atoms with Crippen molar-refractivity contribution in [3.8, 4) is 11.5 Å². The van der Waals surface area contributed by atoms with Crippen LogP contribution in [0.4, 0.5) is 11.4 Å². The minimum atomic E-state index is -0.117. The summed E-state index contributed by atoms with van der Waals surface area (Å²) >= 11 is 1.21. The fourth-order valence-corrected chi connectivity index (χ4v) is 3.89. The van der Waals surface area contributed by atoms with Crippen molar-refractivity contribution in [1.82, 2.24) is 10.2 Å². The van der Waals surface area contributed by atoms with Crippen molar-refractivity contribution in [3.63, 3.8) is 0 Å². The van der Waals surface area contributed by atoms with Gasteiger partial charge in [0.2, 0.25) is 5.91 Å². The zero-order valence-electron chi connectivity index (χ0n) is 16.6. The van der Waals surface area contributed by atoms with Crippen molar-refractivity contribution in [3.05, 3.63) is 42.4 Å². The number of amides is 1. The number of piperidine rings is 1. The molecule has 1 aliphatic heterocycles. The molecule has 1 aliphatic rings. The lowest BCUT2D eigenvalue weighted by atomic mass is 9.99. The first-order valence-corrected chi connectivity index (χ1v) is 10.7. The lowest BCUT2D eigenvalue weighted by Crippen LogP contribution is -2.32. The Kier molecular flexibility index (Phi) is 5.89. The average Bonchev–Trinajstić information content (AvgIpc) is 3.36. The highest BCUT2D eigenvalue weighted by Gasteiger charge is 2.17. The summed E-state index contributed by atoms with van der Waals surface area (Å²) in [7, 11) is 0. The minimum Gasteiger partial charge on any atom is -0.469 e. The quantitative estimate of drug-likeness (QED) is 0.592. The number of aromatic nitrogens is 2. The second kappa shape index (κ2) is 8.73. The zero-order chi connectivity index (χ0) is 20.2. The molecular weight excluding hydrogens is 388 g/mol. The third-order valence-corrected chi connectivity index (χ3v) is 5.94. The molecule has 8 heteroatoms. The normalized spacial score (nSPS) is 14.9. The molecule has 4 rings (SSSR count). The van der Waals surface area contributed by atoms with Gasteiger partial charge >= 0.3 is 0 Å². The van der Waals surface area contributed by atoms with E-state index in [0.717, 1.165) is 30.3 Å². The minimum absolute atomic E-state index is 0.117. The van der Waals surface area contributed by atoms with Gasteiger partial charge in [-0.1, -0.05) is 18.7 Å². The predicted molar refractivity (Wildman–Crippen MR) is 113 cm³/mol. The van der Waals surface area contributed by atoms with Crippen molar-refractivity contribution in [2.45, 2.75) is 31.9 Å². The van der Waals surface area contributed by atoms with Gasteiger partial charge in [-0.2, -0.15) is 0 Å². The van der Waals surface area contributed by atoms with Gasteiger partial charge in [-0.3, -0.25) is 4.79 Å². The highest BCUT2D eigenvalue weighted by Crippen LogP contribution is 2.27. The average molecular weight is 413 g/mol. The van der Waals surface area contributed by atoms with Crippen LogP contribution in [0, 0.1) is 12.8 Å². The predicted octanol–water partition coefficient (Wildman–Crippen LogP) is 4.61. The Balaban J connectivity index is 1.28. The number of nitrogens with one attached hydrogen (secondary N) is 1. The van der Waals surface area contributed by atoms with Gasteiger partial charge in [0.05, 0.1) is 17.6 Å². The van der Waals surface area contributed by atoms with Crippen molar-refractivity contribution >= 4 is 29.0 Å². The molecule has 0 bridgehead atoms. The van der Waals surface area contributed by atoms with Gasteiger partial charge in [-0.15, -0.1) is 10.2 Å². The molecule has 0 spiro atoms. The second-order valence-corrected chi connectivity index (χ2v) is 8.24. The Bertz CT molecular complexity index is 958. The van der Waals surface area contributed by atoms with Crippen molar-refractivity contribution in [2.75, 3.05) is 29.1 Å². The number of aryl methyl sites for hydroxylation is 1. The smallest absolute Gasteiger partial charge is 0.277 e. The van der Waals surface area contributed by atoms with Crippen LogP contribution in [0.3, 0.4) is 0 Å². The van der Waals surface area contributed by atoms with E-state index >= 15 is 0 Å². The Labute approximate surface area is 173 Å². The van der Waals surface area contributed by atoms with Crippen LogP contribution in [-0.2, 0) is 4.79 Å². The van der Waals surface area contributed by atoms with E-state index < -0.39 is 0 Å². The highest BCUT2D eigenvalue weighted by atomic mass is 32.2. The summed E-state index contributed by atoms with van der Waals surface area (Å²) in [6, 6.07) is 9.80. The van der Waals surface area contributed by atoms with E-state index in [2.05, 4.69) is 39.5 Å². The van der Waals surface area contributed by atoms with Crippen LogP contribution < -0.4 is 10.2 Å². The van der Waals surface area contributed by atoms with Gasteiger partial charge in [0.1, 0.15) is 5.76 Å². The number of hydrogen-bond acceptors (Lipinski definition) is 7. The molecule has 29 heavy (non-hydrogen) atoms. The summed E-state index contributed by atoms with van der Waals surface area (Å²) in [5, 5.41) is 11.2. The Hall–Kier alpha value is -2.74. The number of benzene rings is 1. The standard InChI is InChI=1S/C21H24N4O3S/c1-14-7-10-25(11-8-14)17-5-3-16(4-6-17)22-19(26)13-29-21-24-23-20(28-21)18-9-12-27-15(18)2/h3-6,9,12,14H,7-8,10-11,13H2,1-2H3,(H,22,26). The first-order valence-electron chi connectivity index (χ1n) is 9.74. The van der Waals surface area contributed by atoms with E-state index in [9.17, 15) is 4.79 Å². The summed E-state index contributed by atoms with van der Waals surface area (Å²) in [4.78, 5) is 14.6. The van der Waals surface area contributed by atoms with Gasteiger partial charge in [-0.25, -0.2) is 0 Å². The highest BCUT2D eigenvalue weighted by molar-refractivity contribution is 7.99. The van der Waals surface area contributed by atoms with Gasteiger partial charge in [0.15, 0.2) is 0 Å². The largest absolute Gasteiger partial charge is 0.469 e. The topological polar surface area (TPSA) is 84.4 Å². The van der Waals surface area contributed by atoms with E-state index in [1.54, 1.807) is 12.3 Å². The lowest BCUT2D eigenvalue weighted by Gasteiger charge is -2.32. The summed E-state index contributed by atoms with van der Waals surface area (Å²) < 4.78 is 10.8. The number of rotatable bonds is 6. The summed E-state index contributed by atoms with van der Waals surface area (Å²) in [6.45, 7) is 6.32. The number of carbonyl (C=O) groups is 1. The summed E-state index contributed by atoms with van der Waals surface area (Å²) in [5.74, 6) is 1.99. The van der Waals surface area contributed by atoms with Gasteiger partial charge in [0.25, 0.3) is 11.1 Å². The number of furan rings is 1. The monoisotopic (exact) mass is 412 g/mol. The van der Waals surface area contributed by atoms with E-state index in [4.69, 9.17) is 8.83 Å². The Morgan fingerprint density at radius 2 is 1.97 bits per heavy atom. The molecule has 0 atom stereocenters. The van der Waals surface area contributed by atoms with Crippen LogP contribution in [0.2, 0.25) is 0 Å². The number of nitrogens with zero attached hydrogens (tertiary/aromatic N) is 3. The molecule has 0 saturated carbocycles.